The fourth-order valence-electron chi connectivity index (χ4n) is 4.67. The van der Waals surface area contributed by atoms with E-state index in [1.54, 1.807) is 6.08 Å². The molecule has 2 atom stereocenters. The van der Waals surface area contributed by atoms with Crippen molar-refractivity contribution in [3.05, 3.63) is 89.0 Å². The molecule has 1 amide bonds. The molecule has 37 heavy (non-hydrogen) atoms. The van der Waals surface area contributed by atoms with E-state index in [4.69, 9.17) is 0 Å². The number of carbonyl (C=O) groups excluding carboxylic acids is 2. The van der Waals surface area contributed by atoms with Gasteiger partial charge >= 0.3 is 0 Å². The van der Waals surface area contributed by atoms with Crippen LogP contribution >= 0.6 is 11.3 Å². The molecule has 0 aliphatic carbocycles. The van der Waals surface area contributed by atoms with Crippen molar-refractivity contribution in [3.8, 4) is 0 Å². The number of anilines is 1. The molecule has 1 aliphatic rings. The lowest BCUT2D eigenvalue weighted by atomic mass is 9.85. The molecule has 2 N–H and O–H groups in total. The van der Waals surface area contributed by atoms with Crippen LogP contribution in [0.15, 0.2) is 72.8 Å². The second kappa shape index (κ2) is 12.9. The minimum absolute atomic E-state index is 0.0100. The summed E-state index contributed by atoms with van der Waals surface area (Å²) in [7, 11) is 0. The summed E-state index contributed by atoms with van der Waals surface area (Å²) in [6, 6.07) is 20.3. The van der Waals surface area contributed by atoms with E-state index >= 15 is 0 Å². The third-order valence-corrected chi connectivity index (χ3v) is 8.18. The smallest absolute Gasteiger partial charge is 0.249 e. The van der Waals surface area contributed by atoms with Gasteiger partial charge in [0.15, 0.2) is 0 Å². The van der Waals surface area contributed by atoms with Crippen molar-refractivity contribution in [3.63, 3.8) is 0 Å². The van der Waals surface area contributed by atoms with Crippen molar-refractivity contribution in [1.82, 2.24) is 15.5 Å². The number of aryl methyl sites for hydroxylation is 1. The van der Waals surface area contributed by atoms with Crippen molar-refractivity contribution in [1.29, 1.82) is 0 Å². The van der Waals surface area contributed by atoms with E-state index in [2.05, 4.69) is 58.9 Å². The van der Waals surface area contributed by atoms with Gasteiger partial charge < -0.3 is 5.32 Å². The van der Waals surface area contributed by atoms with E-state index in [0.717, 1.165) is 49.2 Å². The predicted molar refractivity (Wildman–Crippen MR) is 150 cm³/mol. The third-order valence-electron chi connectivity index (χ3n) is 7.01. The standard InChI is InChI=1S/C30H36N4O2S/c1-30(2,24-13-7-4-8-14-24)28-33-34-29(37-28)32-27(36)19-18-23(17-16-22-11-5-3-6-12-22)21-26(35)25-15-9-10-20-31-25/h3-8,11-14,18-19,23,25,31H,9-10,15-17,20-21H2,1-2H3,(H,32,34,36)/b19-18+/t23-,25-/m0/s1. The Labute approximate surface area is 223 Å². The summed E-state index contributed by atoms with van der Waals surface area (Å²) in [6.45, 7) is 5.10. The molecular formula is C30H36N4O2S. The fraction of sp³-hybridized carbons (Fsp3) is 0.400. The van der Waals surface area contributed by atoms with E-state index in [9.17, 15) is 9.59 Å². The molecule has 1 fully saturated rings. The number of nitrogens with zero attached hydrogens (tertiary/aromatic N) is 2. The van der Waals surface area contributed by atoms with Gasteiger partial charge in [-0.3, -0.25) is 14.9 Å². The van der Waals surface area contributed by atoms with Crippen LogP contribution in [0, 0.1) is 5.92 Å². The van der Waals surface area contributed by atoms with Gasteiger partial charge in [-0.25, -0.2) is 0 Å². The SMILES string of the molecule is CC(C)(c1ccccc1)c1nnc(NC(=O)/C=C/[C@H](CCc2ccccc2)CC(=O)[C@@H]2CCCCN2)s1. The number of piperidine rings is 1. The van der Waals surface area contributed by atoms with Gasteiger partial charge in [-0.05, 0) is 69.2 Å². The highest BCUT2D eigenvalue weighted by atomic mass is 32.1. The zero-order valence-corrected chi connectivity index (χ0v) is 22.5. The first kappa shape index (κ1) is 26.9. The monoisotopic (exact) mass is 516 g/mol. The highest BCUT2D eigenvalue weighted by Crippen LogP contribution is 2.34. The summed E-state index contributed by atoms with van der Waals surface area (Å²) in [5, 5.41) is 16.1. The molecule has 4 rings (SSSR count). The summed E-state index contributed by atoms with van der Waals surface area (Å²) in [4.78, 5) is 25.7. The fourth-order valence-corrected chi connectivity index (χ4v) is 5.54. The lowest BCUT2D eigenvalue weighted by Crippen LogP contribution is -2.41. The van der Waals surface area contributed by atoms with Crippen molar-refractivity contribution >= 4 is 28.2 Å². The first-order valence-electron chi connectivity index (χ1n) is 13.1. The molecule has 194 valence electrons. The number of hydrogen-bond acceptors (Lipinski definition) is 6. The maximum Gasteiger partial charge on any atom is 0.249 e. The normalized spacial score (nSPS) is 17.0. The Morgan fingerprint density at radius 3 is 2.51 bits per heavy atom. The molecule has 2 heterocycles. The molecule has 0 saturated carbocycles. The van der Waals surface area contributed by atoms with Crippen LogP contribution in [0.25, 0.3) is 0 Å². The average Bonchev–Trinajstić information content (AvgIpc) is 3.41. The highest BCUT2D eigenvalue weighted by Gasteiger charge is 2.28. The van der Waals surface area contributed by atoms with Crippen LogP contribution in [-0.4, -0.2) is 34.5 Å². The van der Waals surface area contributed by atoms with Gasteiger partial charge in [0.1, 0.15) is 10.8 Å². The zero-order valence-electron chi connectivity index (χ0n) is 21.7. The van der Waals surface area contributed by atoms with Crippen LogP contribution in [0.3, 0.4) is 0 Å². The number of carbonyl (C=O) groups is 2. The lowest BCUT2D eigenvalue weighted by Gasteiger charge is -2.23. The summed E-state index contributed by atoms with van der Waals surface area (Å²) in [6.07, 6.45) is 8.63. The Kier molecular flexibility index (Phi) is 9.36. The van der Waals surface area contributed by atoms with Crippen molar-refractivity contribution in [2.45, 2.75) is 63.8 Å². The second-order valence-corrected chi connectivity index (χ2v) is 11.2. The summed E-state index contributed by atoms with van der Waals surface area (Å²) in [5.74, 6) is -0.0305. The lowest BCUT2D eigenvalue weighted by molar-refractivity contribution is -0.122. The van der Waals surface area contributed by atoms with E-state index in [1.165, 1.54) is 16.9 Å². The third kappa shape index (κ3) is 7.66. The van der Waals surface area contributed by atoms with Crippen LogP contribution in [0.2, 0.25) is 0 Å². The summed E-state index contributed by atoms with van der Waals surface area (Å²) >= 11 is 1.38. The Morgan fingerprint density at radius 2 is 1.81 bits per heavy atom. The topological polar surface area (TPSA) is 84.0 Å². The Balaban J connectivity index is 1.39. The van der Waals surface area contributed by atoms with E-state index in [1.807, 2.05) is 42.5 Å². The first-order valence-corrected chi connectivity index (χ1v) is 13.9. The van der Waals surface area contributed by atoms with Crippen LogP contribution in [-0.2, 0) is 21.4 Å². The number of rotatable bonds is 11. The van der Waals surface area contributed by atoms with E-state index in [-0.39, 0.29) is 29.1 Å². The molecule has 3 aromatic rings. The Morgan fingerprint density at radius 1 is 1.08 bits per heavy atom. The molecule has 0 radical (unpaired) electrons. The number of ketones is 1. The molecule has 7 heteroatoms. The van der Waals surface area contributed by atoms with Crippen LogP contribution in [0.5, 0.6) is 0 Å². The second-order valence-electron chi connectivity index (χ2n) is 10.2. The number of aromatic nitrogens is 2. The van der Waals surface area contributed by atoms with Crippen molar-refractivity contribution in [2.24, 2.45) is 5.92 Å². The van der Waals surface area contributed by atoms with Gasteiger partial charge in [-0.2, -0.15) is 0 Å². The minimum Gasteiger partial charge on any atom is -0.307 e. The molecular weight excluding hydrogens is 480 g/mol. The van der Waals surface area contributed by atoms with Crippen LogP contribution < -0.4 is 10.6 Å². The number of hydrogen-bond donors (Lipinski definition) is 2. The number of allylic oxidation sites excluding steroid dienone is 1. The van der Waals surface area contributed by atoms with Gasteiger partial charge in [0, 0.05) is 11.8 Å². The highest BCUT2D eigenvalue weighted by molar-refractivity contribution is 7.15. The quantitative estimate of drug-likeness (QED) is 0.319. The zero-order chi connectivity index (χ0) is 26.1. The van der Waals surface area contributed by atoms with Gasteiger partial charge in [-0.1, -0.05) is 84.5 Å². The van der Waals surface area contributed by atoms with Gasteiger partial charge in [-0.15, -0.1) is 10.2 Å². The van der Waals surface area contributed by atoms with Crippen LogP contribution in [0.1, 0.15) is 62.1 Å². The Hall–Kier alpha value is -3.16. The molecule has 0 bridgehead atoms. The van der Waals surface area contributed by atoms with Crippen LogP contribution in [0.4, 0.5) is 5.13 Å². The molecule has 6 nitrogen and oxygen atoms in total. The number of amides is 1. The molecule has 2 aromatic carbocycles. The summed E-state index contributed by atoms with van der Waals surface area (Å²) in [5.41, 5.74) is 2.06. The van der Waals surface area contributed by atoms with Crippen molar-refractivity contribution in [2.75, 3.05) is 11.9 Å². The number of benzene rings is 2. The summed E-state index contributed by atoms with van der Waals surface area (Å²) < 4.78 is 0. The Bertz CT molecular complexity index is 1180. The molecule has 0 spiro atoms. The van der Waals surface area contributed by atoms with Gasteiger partial charge in [0.2, 0.25) is 11.0 Å². The van der Waals surface area contributed by atoms with E-state index in [0.29, 0.717) is 11.6 Å². The first-order chi connectivity index (χ1) is 17.9. The van der Waals surface area contributed by atoms with Gasteiger partial charge in [0.05, 0.1) is 6.04 Å². The average molecular weight is 517 g/mol. The molecule has 1 saturated heterocycles. The number of nitrogens with one attached hydrogen (secondary N) is 2. The molecule has 1 aliphatic heterocycles. The largest absolute Gasteiger partial charge is 0.307 e. The number of Topliss-reactive ketones (excluding diaryl/α,β-unsaturated/α-hetero) is 1. The minimum atomic E-state index is -0.312. The molecule has 0 unspecified atom stereocenters. The predicted octanol–water partition coefficient (Wildman–Crippen LogP) is 5.71. The van der Waals surface area contributed by atoms with E-state index < -0.39 is 0 Å². The van der Waals surface area contributed by atoms with Gasteiger partial charge in [0.25, 0.3) is 0 Å². The molecule has 1 aromatic heterocycles. The maximum absolute atomic E-state index is 13.0. The van der Waals surface area contributed by atoms with Crippen molar-refractivity contribution < 1.29 is 9.59 Å². The maximum atomic E-state index is 13.0.